The fourth-order valence-corrected chi connectivity index (χ4v) is 5.58. The number of carbonyl (C=O) groups is 2. The maximum absolute atomic E-state index is 11.4. The summed E-state index contributed by atoms with van der Waals surface area (Å²) in [6.45, 7) is 0. The first-order valence-corrected chi connectivity index (χ1v) is 9.69. The summed E-state index contributed by atoms with van der Waals surface area (Å²) < 4.78 is 6.07. The number of ketones is 1. The summed E-state index contributed by atoms with van der Waals surface area (Å²) >= 11 is 0. The van der Waals surface area contributed by atoms with Crippen LogP contribution in [0.2, 0.25) is 0 Å². The molecule has 1 atom stereocenters. The van der Waals surface area contributed by atoms with Crippen molar-refractivity contribution in [3.63, 3.8) is 0 Å². The van der Waals surface area contributed by atoms with E-state index < -0.39 is 18.0 Å². The van der Waals surface area contributed by atoms with Crippen LogP contribution in [0.25, 0.3) is 0 Å². The van der Waals surface area contributed by atoms with Crippen molar-refractivity contribution >= 4 is 11.8 Å². The van der Waals surface area contributed by atoms with Gasteiger partial charge >= 0.3 is 5.97 Å². The molecular formula is C21H26O5. The van der Waals surface area contributed by atoms with Crippen molar-refractivity contribution in [1.29, 1.82) is 0 Å². The highest BCUT2D eigenvalue weighted by Crippen LogP contribution is 2.54. The number of aliphatic hydroxyl groups excluding tert-OH is 1. The van der Waals surface area contributed by atoms with Crippen molar-refractivity contribution in [2.24, 2.45) is 23.7 Å². The van der Waals surface area contributed by atoms with Crippen molar-refractivity contribution in [2.75, 3.05) is 0 Å². The number of carbonyl (C=O) groups excluding carboxylic acids is 1. The number of rotatable bonds is 7. The summed E-state index contributed by atoms with van der Waals surface area (Å²) in [5.74, 6) is 0.687. The Morgan fingerprint density at radius 3 is 2.12 bits per heavy atom. The highest BCUT2D eigenvalue weighted by Gasteiger charge is 2.49. The largest absolute Gasteiger partial charge is 0.475 e. The van der Waals surface area contributed by atoms with Crippen LogP contribution in [0.15, 0.2) is 24.3 Å². The number of carboxylic acid groups (broad SMARTS) is 1. The summed E-state index contributed by atoms with van der Waals surface area (Å²) in [5.41, 5.74) is 1.13. The summed E-state index contributed by atoms with van der Waals surface area (Å²) in [4.78, 5) is 22.1. The Morgan fingerprint density at radius 2 is 1.58 bits per heavy atom. The average Bonchev–Trinajstić information content (AvgIpc) is 2.62. The van der Waals surface area contributed by atoms with Gasteiger partial charge in [0.2, 0.25) is 0 Å². The molecule has 140 valence electrons. The minimum Gasteiger partial charge on any atom is -0.475 e. The van der Waals surface area contributed by atoms with Crippen LogP contribution in [0.1, 0.15) is 54.4 Å². The van der Waals surface area contributed by atoms with Gasteiger partial charge in [-0.25, -0.2) is 4.79 Å². The molecule has 2 N–H and O–H groups in total. The predicted octanol–water partition coefficient (Wildman–Crippen LogP) is 3.05. The molecule has 0 spiro atoms. The third kappa shape index (κ3) is 3.55. The van der Waals surface area contributed by atoms with Crippen LogP contribution in [-0.2, 0) is 16.0 Å². The summed E-state index contributed by atoms with van der Waals surface area (Å²) in [6, 6.07) is 6.53. The molecule has 0 aliphatic heterocycles. The molecule has 4 bridgehead atoms. The molecule has 4 aliphatic carbocycles. The molecule has 0 radical (unpaired) electrons. The molecule has 1 unspecified atom stereocenters. The highest BCUT2D eigenvalue weighted by atomic mass is 16.6. The second kappa shape index (κ2) is 7.12. The van der Waals surface area contributed by atoms with Crippen molar-refractivity contribution in [3.8, 4) is 0 Å². The molecule has 0 amide bonds. The van der Waals surface area contributed by atoms with E-state index in [-0.39, 0.29) is 11.7 Å². The predicted molar refractivity (Wildman–Crippen MR) is 94.7 cm³/mol. The van der Waals surface area contributed by atoms with Crippen molar-refractivity contribution in [2.45, 2.75) is 57.3 Å². The molecule has 0 heterocycles. The van der Waals surface area contributed by atoms with E-state index >= 15 is 0 Å². The van der Waals surface area contributed by atoms with Crippen LogP contribution in [-0.4, -0.2) is 34.4 Å². The van der Waals surface area contributed by atoms with E-state index in [4.69, 9.17) is 9.84 Å². The first kappa shape index (κ1) is 17.7. The zero-order valence-corrected chi connectivity index (χ0v) is 14.8. The van der Waals surface area contributed by atoms with Crippen molar-refractivity contribution < 1.29 is 24.5 Å². The first-order chi connectivity index (χ1) is 12.5. The number of aliphatic hydroxyl groups is 1. The Balaban J connectivity index is 1.28. The Hall–Kier alpha value is -1.72. The zero-order chi connectivity index (χ0) is 18.3. The lowest BCUT2D eigenvalue weighted by Gasteiger charge is -2.54. The number of Topliss-reactive ketones (excluding diaryl/α,β-unsaturated/α-hetero) is 1. The number of benzene rings is 1. The number of aliphatic carboxylic acids is 1. The van der Waals surface area contributed by atoms with E-state index in [2.05, 4.69) is 0 Å². The minimum absolute atomic E-state index is 0.173. The quantitative estimate of drug-likeness (QED) is 0.445. The van der Waals surface area contributed by atoms with E-state index in [0.717, 1.165) is 17.4 Å². The molecule has 4 saturated carbocycles. The van der Waals surface area contributed by atoms with Crippen LogP contribution >= 0.6 is 0 Å². The molecule has 4 fully saturated rings. The zero-order valence-electron chi connectivity index (χ0n) is 14.8. The van der Waals surface area contributed by atoms with Crippen LogP contribution < -0.4 is 0 Å². The Kier molecular flexibility index (Phi) is 4.84. The molecule has 5 nitrogen and oxygen atoms in total. The van der Waals surface area contributed by atoms with Crippen LogP contribution in [0.4, 0.5) is 0 Å². The van der Waals surface area contributed by atoms with E-state index in [9.17, 15) is 14.7 Å². The molecule has 0 saturated heterocycles. The van der Waals surface area contributed by atoms with Gasteiger partial charge in [-0.3, -0.25) is 4.79 Å². The van der Waals surface area contributed by atoms with Gasteiger partial charge in [0.05, 0.1) is 6.10 Å². The van der Waals surface area contributed by atoms with Gasteiger partial charge in [0, 0.05) is 12.0 Å². The third-order valence-corrected chi connectivity index (χ3v) is 6.54. The highest BCUT2D eigenvalue weighted by molar-refractivity contribution is 6.39. The molecule has 5 heteroatoms. The minimum atomic E-state index is -1.45. The fraction of sp³-hybridized carbons (Fsp3) is 0.619. The standard InChI is InChI=1S/C21H26O5/c22-18(6-3-12-1-4-15(5-2-12)19(23)21(24)25)26-20-16-8-13-7-14(10-16)11-17(20)9-13/h1-2,4-5,13-14,16-18,20,22H,3,6-11H2,(H,24,25). The number of aryl methyl sites for hydroxylation is 1. The second-order valence-corrected chi connectivity index (χ2v) is 8.36. The topological polar surface area (TPSA) is 83.8 Å². The van der Waals surface area contributed by atoms with Gasteiger partial charge in [0.25, 0.3) is 5.78 Å². The van der Waals surface area contributed by atoms with Crippen molar-refractivity contribution in [1.82, 2.24) is 0 Å². The third-order valence-electron chi connectivity index (χ3n) is 6.54. The SMILES string of the molecule is O=C(O)C(=O)c1ccc(CCC(O)OC2C3CC4CC(C3)CC2C4)cc1. The van der Waals surface area contributed by atoms with Gasteiger partial charge in [-0.1, -0.05) is 24.3 Å². The lowest BCUT2D eigenvalue weighted by Crippen LogP contribution is -2.50. The lowest BCUT2D eigenvalue weighted by molar-refractivity contribution is -0.208. The van der Waals surface area contributed by atoms with Crippen LogP contribution in [0.3, 0.4) is 0 Å². The molecule has 26 heavy (non-hydrogen) atoms. The first-order valence-electron chi connectivity index (χ1n) is 9.69. The molecular weight excluding hydrogens is 332 g/mol. The number of hydrogen-bond donors (Lipinski definition) is 2. The summed E-state index contributed by atoms with van der Waals surface area (Å²) in [5, 5.41) is 19.1. The van der Waals surface area contributed by atoms with Crippen LogP contribution in [0, 0.1) is 23.7 Å². The summed E-state index contributed by atoms with van der Waals surface area (Å²) in [6.07, 6.45) is 7.07. The van der Waals surface area contributed by atoms with Crippen molar-refractivity contribution in [3.05, 3.63) is 35.4 Å². The Morgan fingerprint density at radius 1 is 1.00 bits per heavy atom. The fourth-order valence-electron chi connectivity index (χ4n) is 5.58. The van der Waals surface area contributed by atoms with Gasteiger partial charge in [0.15, 0.2) is 6.29 Å². The molecule has 1 aromatic rings. The second-order valence-electron chi connectivity index (χ2n) is 8.36. The smallest absolute Gasteiger partial charge is 0.377 e. The van der Waals surface area contributed by atoms with E-state index in [1.165, 1.54) is 44.2 Å². The Bertz CT molecular complexity index is 652. The number of carboxylic acids is 1. The van der Waals surface area contributed by atoms with Gasteiger partial charge in [-0.2, -0.15) is 0 Å². The van der Waals surface area contributed by atoms with E-state index in [1.807, 2.05) is 0 Å². The number of ether oxygens (including phenoxy) is 1. The lowest BCUT2D eigenvalue weighted by atomic mass is 9.55. The molecule has 4 aliphatic rings. The molecule has 0 aromatic heterocycles. The van der Waals surface area contributed by atoms with E-state index in [0.29, 0.717) is 24.7 Å². The molecule has 5 rings (SSSR count). The van der Waals surface area contributed by atoms with Gasteiger partial charge in [-0.15, -0.1) is 0 Å². The van der Waals surface area contributed by atoms with Gasteiger partial charge < -0.3 is 14.9 Å². The normalized spacial score (nSPS) is 33.2. The Labute approximate surface area is 153 Å². The maximum Gasteiger partial charge on any atom is 0.377 e. The van der Waals surface area contributed by atoms with Gasteiger partial charge in [0.1, 0.15) is 0 Å². The average molecular weight is 358 g/mol. The monoisotopic (exact) mass is 358 g/mol. The van der Waals surface area contributed by atoms with Crippen LogP contribution in [0.5, 0.6) is 0 Å². The van der Waals surface area contributed by atoms with E-state index in [1.54, 1.807) is 12.1 Å². The number of hydrogen-bond acceptors (Lipinski definition) is 4. The maximum atomic E-state index is 11.4. The molecule has 1 aromatic carbocycles. The van der Waals surface area contributed by atoms with Gasteiger partial charge in [-0.05, 0) is 67.8 Å². The summed E-state index contributed by atoms with van der Waals surface area (Å²) in [7, 11) is 0.